The zero-order valence-electron chi connectivity index (χ0n) is 18.8. The van der Waals surface area contributed by atoms with E-state index in [-0.39, 0.29) is 16.2 Å². The molecule has 0 saturated carbocycles. The minimum absolute atomic E-state index is 0.0629. The Morgan fingerprint density at radius 2 is 1.72 bits per heavy atom. The minimum Gasteiger partial charge on any atom is -0.298 e. The van der Waals surface area contributed by atoms with Crippen molar-refractivity contribution >= 4 is 69.9 Å². The van der Waals surface area contributed by atoms with Gasteiger partial charge in [-0.05, 0) is 73.7 Å². The zero-order chi connectivity index (χ0) is 25.4. The van der Waals surface area contributed by atoms with E-state index in [1.54, 1.807) is 48.7 Å². The molecule has 2 aromatic heterocycles. The van der Waals surface area contributed by atoms with Crippen molar-refractivity contribution in [2.24, 2.45) is 0 Å². The fourth-order valence-electron chi connectivity index (χ4n) is 3.63. The Hall–Kier alpha value is -3.79. The molecule has 0 atom stereocenters. The predicted molar refractivity (Wildman–Crippen MR) is 144 cm³/mol. The number of hydrogen-bond donors (Lipinski definition) is 1. The quantitative estimate of drug-likeness (QED) is 0.178. The van der Waals surface area contributed by atoms with Crippen LogP contribution < -0.4 is 15.8 Å². The van der Waals surface area contributed by atoms with Crippen molar-refractivity contribution < 1.29 is 9.59 Å². The Kier molecular flexibility index (Phi) is 6.44. The van der Waals surface area contributed by atoms with Crippen LogP contribution >= 0.6 is 35.6 Å². The summed E-state index contributed by atoms with van der Waals surface area (Å²) in [6, 6.07) is 19.4. The number of nitrogens with zero attached hydrogens (tertiary/aromatic N) is 3. The molecule has 4 aromatic rings. The smallest absolute Gasteiger partial charge is 0.270 e. The Morgan fingerprint density at radius 3 is 2.44 bits per heavy atom. The van der Waals surface area contributed by atoms with Crippen molar-refractivity contribution in [3.8, 4) is 0 Å². The number of halogens is 1. The van der Waals surface area contributed by atoms with E-state index in [0.717, 1.165) is 10.5 Å². The second-order valence-corrected chi connectivity index (χ2v) is 9.80. The van der Waals surface area contributed by atoms with E-state index < -0.39 is 17.4 Å². The summed E-state index contributed by atoms with van der Waals surface area (Å²) in [5.41, 5.74) is 1.45. The second kappa shape index (κ2) is 9.69. The standard InChI is InChI=1S/C26H17ClN4O3S2/c1-15-5-11-18(12-6-15)36-23-20(24(33)30-13-3-2-4-21(30)28-23)14-19-22(32)29-26(35)31(25(19)34)17-9-7-16(27)8-10-17/h2-14H,1H3,(H,29,32,35). The summed E-state index contributed by atoms with van der Waals surface area (Å²) < 4.78 is 1.37. The number of carbonyl (C=O) groups excluding carboxylic acids is 2. The van der Waals surface area contributed by atoms with Crippen LogP contribution in [0.1, 0.15) is 11.1 Å². The van der Waals surface area contributed by atoms with Gasteiger partial charge in [-0.25, -0.2) is 4.98 Å². The summed E-state index contributed by atoms with van der Waals surface area (Å²) in [6.45, 7) is 1.98. The van der Waals surface area contributed by atoms with Gasteiger partial charge < -0.3 is 0 Å². The highest BCUT2D eigenvalue weighted by Crippen LogP contribution is 2.30. The molecule has 3 heterocycles. The summed E-state index contributed by atoms with van der Waals surface area (Å²) in [5.74, 6) is -1.35. The van der Waals surface area contributed by atoms with Crippen molar-refractivity contribution in [2.45, 2.75) is 16.8 Å². The third-order valence-electron chi connectivity index (χ3n) is 5.44. The van der Waals surface area contributed by atoms with Gasteiger partial charge in [-0.3, -0.25) is 29.0 Å². The first-order valence-corrected chi connectivity index (χ1v) is 12.3. The largest absolute Gasteiger partial charge is 0.298 e. The van der Waals surface area contributed by atoms with Gasteiger partial charge in [0.2, 0.25) is 0 Å². The number of amides is 2. The van der Waals surface area contributed by atoms with Crippen molar-refractivity contribution in [2.75, 3.05) is 4.90 Å². The molecule has 7 nitrogen and oxygen atoms in total. The molecule has 10 heteroatoms. The van der Waals surface area contributed by atoms with Gasteiger partial charge in [-0.1, -0.05) is 47.1 Å². The van der Waals surface area contributed by atoms with Gasteiger partial charge in [-0.2, -0.15) is 0 Å². The van der Waals surface area contributed by atoms with Gasteiger partial charge in [0.05, 0.1) is 11.3 Å². The molecule has 2 amide bonds. The average molecular weight is 533 g/mol. The van der Waals surface area contributed by atoms with Crippen LogP contribution in [0.3, 0.4) is 0 Å². The molecule has 1 aliphatic rings. The molecule has 0 spiro atoms. The SMILES string of the molecule is Cc1ccc(Sc2nc3ccccn3c(=O)c2C=C2C(=O)NC(=S)N(c3ccc(Cl)cc3)C2=O)cc1. The van der Waals surface area contributed by atoms with Crippen molar-refractivity contribution in [1.29, 1.82) is 0 Å². The van der Waals surface area contributed by atoms with E-state index >= 15 is 0 Å². The van der Waals surface area contributed by atoms with Crippen LogP contribution in [0.4, 0.5) is 5.69 Å². The number of rotatable bonds is 4. The number of anilines is 1. The highest BCUT2D eigenvalue weighted by molar-refractivity contribution is 7.99. The van der Waals surface area contributed by atoms with Gasteiger partial charge >= 0.3 is 0 Å². The number of carbonyl (C=O) groups is 2. The topological polar surface area (TPSA) is 83.8 Å². The Balaban J connectivity index is 1.65. The second-order valence-electron chi connectivity index (χ2n) is 7.91. The fraction of sp³-hybridized carbons (Fsp3) is 0.0385. The third kappa shape index (κ3) is 4.56. The molecular weight excluding hydrogens is 516 g/mol. The lowest BCUT2D eigenvalue weighted by Crippen LogP contribution is -2.54. The number of nitrogens with one attached hydrogen (secondary N) is 1. The van der Waals surface area contributed by atoms with E-state index in [1.165, 1.54) is 27.1 Å². The van der Waals surface area contributed by atoms with E-state index in [2.05, 4.69) is 10.3 Å². The minimum atomic E-state index is -0.695. The van der Waals surface area contributed by atoms with Crippen LogP contribution in [0, 0.1) is 6.92 Å². The number of aryl methyl sites for hydroxylation is 1. The summed E-state index contributed by atoms with van der Waals surface area (Å²) in [7, 11) is 0. The van der Waals surface area contributed by atoms with Crippen LogP contribution in [0.2, 0.25) is 5.02 Å². The van der Waals surface area contributed by atoms with Crippen LogP contribution in [0.5, 0.6) is 0 Å². The number of thiocarbonyl (C=S) groups is 1. The molecule has 1 aliphatic heterocycles. The zero-order valence-corrected chi connectivity index (χ0v) is 21.2. The summed E-state index contributed by atoms with van der Waals surface area (Å²) in [4.78, 5) is 46.5. The van der Waals surface area contributed by atoms with E-state index in [4.69, 9.17) is 23.8 Å². The molecule has 0 unspecified atom stereocenters. The monoisotopic (exact) mass is 532 g/mol. The average Bonchev–Trinajstić information content (AvgIpc) is 2.86. The van der Waals surface area contributed by atoms with E-state index in [0.29, 0.717) is 21.4 Å². The van der Waals surface area contributed by atoms with E-state index in [1.807, 2.05) is 31.2 Å². The lowest BCUT2D eigenvalue weighted by Gasteiger charge is -2.29. The Morgan fingerprint density at radius 1 is 1.00 bits per heavy atom. The van der Waals surface area contributed by atoms with Gasteiger partial charge in [0.15, 0.2) is 5.11 Å². The number of aromatic nitrogens is 2. The molecule has 178 valence electrons. The van der Waals surface area contributed by atoms with Crippen LogP contribution in [0.25, 0.3) is 11.7 Å². The maximum Gasteiger partial charge on any atom is 0.270 e. The maximum absolute atomic E-state index is 13.5. The molecule has 1 N–H and O–H groups in total. The number of pyridine rings is 1. The van der Waals surface area contributed by atoms with Crippen LogP contribution in [-0.4, -0.2) is 26.3 Å². The molecule has 0 bridgehead atoms. The Labute approximate surface area is 220 Å². The van der Waals surface area contributed by atoms with Crippen LogP contribution in [0.15, 0.2) is 93.2 Å². The highest BCUT2D eigenvalue weighted by atomic mass is 35.5. The summed E-state index contributed by atoms with van der Waals surface area (Å²) >= 11 is 12.5. The van der Waals surface area contributed by atoms with Crippen LogP contribution in [-0.2, 0) is 9.59 Å². The van der Waals surface area contributed by atoms with Crippen molar-refractivity contribution in [3.63, 3.8) is 0 Å². The highest BCUT2D eigenvalue weighted by Gasteiger charge is 2.35. The first-order valence-electron chi connectivity index (χ1n) is 10.7. The molecule has 2 aromatic carbocycles. The maximum atomic E-state index is 13.5. The molecule has 0 aliphatic carbocycles. The third-order valence-corrected chi connectivity index (χ3v) is 6.99. The van der Waals surface area contributed by atoms with Gasteiger partial charge in [-0.15, -0.1) is 0 Å². The fourth-order valence-corrected chi connectivity index (χ4v) is 4.93. The molecule has 1 saturated heterocycles. The first kappa shape index (κ1) is 23.9. The van der Waals surface area contributed by atoms with Gasteiger partial charge in [0.1, 0.15) is 16.2 Å². The molecule has 0 radical (unpaired) electrons. The molecule has 36 heavy (non-hydrogen) atoms. The predicted octanol–water partition coefficient (Wildman–Crippen LogP) is 4.64. The van der Waals surface area contributed by atoms with Crippen molar-refractivity contribution in [1.82, 2.24) is 14.7 Å². The number of benzene rings is 2. The van der Waals surface area contributed by atoms with Crippen molar-refractivity contribution in [3.05, 3.63) is 105 Å². The molecule has 1 fully saturated rings. The lowest BCUT2D eigenvalue weighted by atomic mass is 10.1. The van der Waals surface area contributed by atoms with E-state index in [9.17, 15) is 14.4 Å². The first-order chi connectivity index (χ1) is 17.3. The summed E-state index contributed by atoms with van der Waals surface area (Å²) in [6.07, 6.45) is 2.87. The molecular formula is C26H17ClN4O3S2. The number of fused-ring (bicyclic) bond motifs is 1. The number of hydrogen-bond acceptors (Lipinski definition) is 6. The normalized spacial score (nSPS) is 15.0. The van der Waals surface area contributed by atoms with Gasteiger partial charge in [0, 0.05) is 16.1 Å². The molecule has 5 rings (SSSR count). The Bertz CT molecular complexity index is 1630. The van der Waals surface area contributed by atoms with Gasteiger partial charge in [0.25, 0.3) is 17.4 Å². The lowest BCUT2D eigenvalue weighted by molar-refractivity contribution is -0.122. The summed E-state index contributed by atoms with van der Waals surface area (Å²) in [5, 5.41) is 3.33.